The fourth-order valence-corrected chi connectivity index (χ4v) is 3.42. The third-order valence-corrected chi connectivity index (χ3v) is 5.07. The van der Waals surface area contributed by atoms with Crippen LogP contribution in [-0.2, 0) is 4.79 Å². The van der Waals surface area contributed by atoms with Gasteiger partial charge in [0.15, 0.2) is 5.76 Å². The molecule has 1 fully saturated rings. The van der Waals surface area contributed by atoms with Crippen LogP contribution in [0.25, 0.3) is 0 Å². The maximum absolute atomic E-state index is 12.8. The Morgan fingerprint density at radius 3 is 2.03 bits per heavy atom. The molecule has 152 valence electrons. The quantitative estimate of drug-likeness (QED) is 0.501. The van der Waals surface area contributed by atoms with Gasteiger partial charge in [-0.2, -0.15) is 0 Å². The number of furan rings is 1. The summed E-state index contributed by atoms with van der Waals surface area (Å²) in [6, 6.07) is 21.5. The number of nitro groups is 1. The molecule has 0 atom stereocenters. The summed E-state index contributed by atoms with van der Waals surface area (Å²) in [5.74, 6) is -1.56. The molecule has 4 rings (SSSR count). The van der Waals surface area contributed by atoms with Gasteiger partial charge < -0.3 is 14.6 Å². The Labute approximate surface area is 172 Å². The molecule has 8 nitrogen and oxygen atoms in total. The Morgan fingerprint density at radius 1 is 0.967 bits per heavy atom. The Bertz CT molecular complexity index is 1020. The summed E-state index contributed by atoms with van der Waals surface area (Å²) in [6.45, 7) is 0.463. The van der Waals surface area contributed by atoms with Crippen molar-refractivity contribution in [2.24, 2.45) is 5.92 Å². The predicted octanol–water partition coefficient (Wildman–Crippen LogP) is 3.17. The minimum Gasteiger partial charge on any atom is -0.395 e. The number of nitrogens with one attached hydrogen (secondary N) is 1. The molecule has 0 radical (unpaired) electrons. The summed E-state index contributed by atoms with van der Waals surface area (Å²) in [7, 11) is 0. The zero-order valence-electron chi connectivity index (χ0n) is 15.9. The number of nitrogens with zero attached hydrogens (tertiary/aromatic N) is 2. The van der Waals surface area contributed by atoms with Crippen molar-refractivity contribution >= 4 is 17.7 Å². The van der Waals surface area contributed by atoms with Gasteiger partial charge in [-0.25, -0.2) is 0 Å². The highest BCUT2D eigenvalue weighted by Crippen LogP contribution is 2.26. The van der Waals surface area contributed by atoms with E-state index in [-0.39, 0.29) is 36.7 Å². The standard InChI is InChI=1S/C22H19N3O5/c26-21(17-13-24(14-17)22(27)18-11-12-19(30-18)25(28)29)23-20(15-7-3-1-4-8-15)16-9-5-2-6-10-16/h1-12,17,20H,13-14H2,(H,23,26). The number of benzene rings is 2. The summed E-state index contributed by atoms with van der Waals surface area (Å²) in [5.41, 5.74) is 1.93. The van der Waals surface area contributed by atoms with Crippen LogP contribution >= 0.6 is 0 Å². The van der Waals surface area contributed by atoms with E-state index in [0.717, 1.165) is 17.2 Å². The van der Waals surface area contributed by atoms with Crippen molar-refractivity contribution < 1.29 is 18.9 Å². The van der Waals surface area contributed by atoms with E-state index in [1.54, 1.807) is 0 Å². The molecule has 0 unspecified atom stereocenters. The predicted molar refractivity (Wildman–Crippen MR) is 108 cm³/mol. The van der Waals surface area contributed by atoms with Crippen molar-refractivity contribution in [3.05, 3.63) is 99.8 Å². The highest BCUT2D eigenvalue weighted by atomic mass is 16.6. The highest BCUT2D eigenvalue weighted by molar-refractivity contribution is 5.94. The fraction of sp³-hybridized carbons (Fsp3) is 0.182. The number of rotatable bonds is 6. The number of carbonyl (C=O) groups is 2. The minimum atomic E-state index is -0.698. The SMILES string of the molecule is O=C(NC(c1ccccc1)c1ccccc1)C1CN(C(=O)c2ccc([N+](=O)[O-])o2)C1. The topological polar surface area (TPSA) is 106 Å². The molecule has 3 aromatic rings. The molecule has 1 aromatic heterocycles. The lowest BCUT2D eigenvalue weighted by atomic mass is 9.95. The molecular formula is C22H19N3O5. The minimum absolute atomic E-state index is 0.105. The van der Waals surface area contributed by atoms with E-state index in [9.17, 15) is 19.7 Å². The summed E-state index contributed by atoms with van der Waals surface area (Å²) < 4.78 is 4.95. The van der Waals surface area contributed by atoms with E-state index in [1.165, 1.54) is 11.0 Å². The second-order valence-corrected chi connectivity index (χ2v) is 7.07. The Morgan fingerprint density at radius 2 is 1.53 bits per heavy atom. The molecule has 2 heterocycles. The van der Waals surface area contributed by atoms with Gasteiger partial charge in [0.25, 0.3) is 5.91 Å². The number of amides is 2. The average molecular weight is 405 g/mol. The van der Waals surface area contributed by atoms with Gasteiger partial charge >= 0.3 is 5.88 Å². The average Bonchev–Trinajstić information content (AvgIpc) is 3.23. The van der Waals surface area contributed by atoms with Gasteiger partial charge in [-0.15, -0.1) is 0 Å². The molecule has 8 heteroatoms. The molecule has 0 bridgehead atoms. The van der Waals surface area contributed by atoms with Crippen molar-refractivity contribution in [2.45, 2.75) is 6.04 Å². The Hall–Kier alpha value is -3.94. The van der Waals surface area contributed by atoms with Crippen molar-refractivity contribution in [1.29, 1.82) is 0 Å². The van der Waals surface area contributed by atoms with Gasteiger partial charge in [-0.3, -0.25) is 19.7 Å². The molecule has 2 aromatic carbocycles. The highest BCUT2D eigenvalue weighted by Gasteiger charge is 2.38. The van der Waals surface area contributed by atoms with Gasteiger partial charge in [0.2, 0.25) is 5.91 Å². The Balaban J connectivity index is 1.41. The van der Waals surface area contributed by atoms with Crippen LogP contribution in [0.2, 0.25) is 0 Å². The molecule has 1 aliphatic rings. The lowest BCUT2D eigenvalue weighted by Gasteiger charge is -2.38. The van der Waals surface area contributed by atoms with Crippen LogP contribution in [0, 0.1) is 16.0 Å². The first kappa shape index (κ1) is 19.4. The van der Waals surface area contributed by atoms with E-state index in [2.05, 4.69) is 5.32 Å². The number of hydrogen-bond acceptors (Lipinski definition) is 5. The molecule has 0 aliphatic carbocycles. The summed E-state index contributed by atoms with van der Waals surface area (Å²) >= 11 is 0. The third-order valence-electron chi connectivity index (χ3n) is 5.07. The molecular weight excluding hydrogens is 386 g/mol. The van der Waals surface area contributed by atoms with E-state index >= 15 is 0 Å². The molecule has 1 aliphatic heterocycles. The smallest absolute Gasteiger partial charge is 0.395 e. The van der Waals surface area contributed by atoms with Crippen LogP contribution < -0.4 is 5.32 Å². The van der Waals surface area contributed by atoms with E-state index in [1.807, 2.05) is 60.7 Å². The van der Waals surface area contributed by atoms with Crippen LogP contribution in [-0.4, -0.2) is 34.7 Å². The van der Waals surface area contributed by atoms with E-state index < -0.39 is 16.7 Å². The van der Waals surface area contributed by atoms with Gasteiger partial charge in [0.05, 0.1) is 18.0 Å². The van der Waals surface area contributed by atoms with Crippen LogP contribution in [0.5, 0.6) is 0 Å². The molecule has 0 saturated carbocycles. The maximum atomic E-state index is 12.8. The summed E-state index contributed by atoms with van der Waals surface area (Å²) in [5, 5.41) is 13.8. The van der Waals surface area contributed by atoms with Crippen LogP contribution in [0.3, 0.4) is 0 Å². The Kier molecular flexibility index (Phi) is 5.30. The van der Waals surface area contributed by atoms with Gasteiger partial charge in [-0.1, -0.05) is 60.7 Å². The molecule has 1 saturated heterocycles. The van der Waals surface area contributed by atoms with E-state index in [0.29, 0.717) is 0 Å². The molecule has 30 heavy (non-hydrogen) atoms. The zero-order valence-corrected chi connectivity index (χ0v) is 15.9. The lowest BCUT2D eigenvalue weighted by Crippen LogP contribution is -2.56. The second-order valence-electron chi connectivity index (χ2n) is 7.07. The van der Waals surface area contributed by atoms with E-state index in [4.69, 9.17) is 4.42 Å². The van der Waals surface area contributed by atoms with Crippen LogP contribution in [0.1, 0.15) is 27.7 Å². The summed E-state index contributed by atoms with van der Waals surface area (Å²) in [4.78, 5) is 36.6. The molecule has 0 spiro atoms. The second kappa shape index (κ2) is 8.20. The van der Waals surface area contributed by atoms with Crippen LogP contribution in [0.4, 0.5) is 5.88 Å². The van der Waals surface area contributed by atoms with Gasteiger partial charge in [0, 0.05) is 13.1 Å². The zero-order chi connectivity index (χ0) is 21.1. The lowest BCUT2D eigenvalue weighted by molar-refractivity contribution is -0.402. The van der Waals surface area contributed by atoms with Crippen molar-refractivity contribution in [3.8, 4) is 0 Å². The number of carbonyl (C=O) groups excluding carboxylic acids is 2. The number of hydrogen-bond donors (Lipinski definition) is 1. The first-order chi connectivity index (χ1) is 14.5. The molecule has 2 amide bonds. The fourth-order valence-electron chi connectivity index (χ4n) is 3.42. The normalized spacial score (nSPS) is 13.7. The number of likely N-dealkylation sites (tertiary alicyclic amines) is 1. The first-order valence-electron chi connectivity index (χ1n) is 9.46. The first-order valence-corrected chi connectivity index (χ1v) is 9.46. The van der Waals surface area contributed by atoms with Gasteiger partial charge in [-0.05, 0) is 17.2 Å². The van der Waals surface area contributed by atoms with Crippen LogP contribution in [0.15, 0.2) is 77.2 Å². The maximum Gasteiger partial charge on any atom is 0.433 e. The van der Waals surface area contributed by atoms with Crippen molar-refractivity contribution in [2.75, 3.05) is 13.1 Å². The molecule has 1 N–H and O–H groups in total. The third kappa shape index (κ3) is 3.93. The largest absolute Gasteiger partial charge is 0.433 e. The van der Waals surface area contributed by atoms with Crippen molar-refractivity contribution in [3.63, 3.8) is 0 Å². The monoisotopic (exact) mass is 405 g/mol. The summed E-state index contributed by atoms with van der Waals surface area (Å²) in [6.07, 6.45) is 0. The van der Waals surface area contributed by atoms with Crippen molar-refractivity contribution in [1.82, 2.24) is 10.2 Å². The van der Waals surface area contributed by atoms with Gasteiger partial charge in [0.1, 0.15) is 4.92 Å².